The first-order valence-corrected chi connectivity index (χ1v) is 8.54. The SMILES string of the molecule is C=CCSCCN=C(NCC)NCCn1cnnc1CC.I. The number of nitrogens with one attached hydrogen (secondary N) is 2. The maximum absolute atomic E-state index is 4.55. The van der Waals surface area contributed by atoms with Gasteiger partial charge in [-0.1, -0.05) is 13.0 Å². The molecule has 0 saturated carbocycles. The van der Waals surface area contributed by atoms with Crippen LogP contribution in [0.5, 0.6) is 0 Å². The summed E-state index contributed by atoms with van der Waals surface area (Å²) < 4.78 is 2.07. The highest BCUT2D eigenvalue weighted by molar-refractivity contribution is 14.0. The first kappa shape index (κ1) is 21.2. The van der Waals surface area contributed by atoms with Gasteiger partial charge in [-0.25, -0.2) is 0 Å². The summed E-state index contributed by atoms with van der Waals surface area (Å²) in [6.45, 7) is 11.2. The normalized spacial score (nSPS) is 10.9. The molecule has 0 aliphatic carbocycles. The molecule has 1 aromatic rings. The van der Waals surface area contributed by atoms with Gasteiger partial charge in [0.1, 0.15) is 12.2 Å². The Morgan fingerprint density at radius 3 is 2.95 bits per heavy atom. The number of aliphatic imine (C=N–C) groups is 1. The molecule has 0 fully saturated rings. The molecular formula is C14H27IN6S. The lowest BCUT2D eigenvalue weighted by Gasteiger charge is -2.12. The summed E-state index contributed by atoms with van der Waals surface area (Å²) in [6, 6.07) is 0. The van der Waals surface area contributed by atoms with Crippen molar-refractivity contribution in [1.29, 1.82) is 0 Å². The lowest BCUT2D eigenvalue weighted by molar-refractivity contribution is 0.633. The summed E-state index contributed by atoms with van der Waals surface area (Å²) >= 11 is 1.84. The van der Waals surface area contributed by atoms with Gasteiger partial charge < -0.3 is 15.2 Å². The van der Waals surface area contributed by atoms with E-state index in [1.165, 1.54) is 0 Å². The smallest absolute Gasteiger partial charge is 0.191 e. The standard InChI is InChI=1S/C14H26N6S.HI/c1-4-10-21-11-8-17-14(15-6-3)16-7-9-20-12-18-19-13(20)5-2;/h4,12H,1,5-11H2,2-3H3,(H2,15,16,17);1H. The topological polar surface area (TPSA) is 67.1 Å². The monoisotopic (exact) mass is 438 g/mol. The number of guanidine groups is 1. The van der Waals surface area contributed by atoms with Gasteiger partial charge in [-0.2, -0.15) is 11.8 Å². The van der Waals surface area contributed by atoms with Gasteiger partial charge >= 0.3 is 0 Å². The number of aryl methyl sites for hydroxylation is 1. The Kier molecular flexibility index (Phi) is 13.4. The molecule has 1 rings (SSSR count). The van der Waals surface area contributed by atoms with Gasteiger partial charge in [-0.3, -0.25) is 4.99 Å². The Labute approximate surface area is 154 Å². The first-order valence-electron chi connectivity index (χ1n) is 7.39. The second-order valence-corrected chi connectivity index (χ2v) is 5.49. The van der Waals surface area contributed by atoms with E-state index in [4.69, 9.17) is 0 Å². The molecule has 2 N–H and O–H groups in total. The third kappa shape index (κ3) is 8.62. The average Bonchev–Trinajstić information content (AvgIpc) is 2.94. The highest BCUT2D eigenvalue weighted by atomic mass is 127. The third-order valence-electron chi connectivity index (χ3n) is 2.74. The van der Waals surface area contributed by atoms with Crippen LogP contribution in [0.4, 0.5) is 0 Å². The Hall–Kier alpha value is -0.770. The van der Waals surface area contributed by atoms with Gasteiger partial charge in [-0.15, -0.1) is 40.8 Å². The minimum absolute atomic E-state index is 0. The molecule has 0 aliphatic heterocycles. The highest BCUT2D eigenvalue weighted by Crippen LogP contribution is 1.98. The van der Waals surface area contributed by atoms with Crippen molar-refractivity contribution in [2.45, 2.75) is 26.8 Å². The van der Waals surface area contributed by atoms with Gasteiger partial charge in [0.2, 0.25) is 0 Å². The van der Waals surface area contributed by atoms with E-state index in [1.807, 2.05) is 17.8 Å². The summed E-state index contributed by atoms with van der Waals surface area (Å²) in [5.41, 5.74) is 0. The molecular weight excluding hydrogens is 411 g/mol. The molecule has 0 atom stereocenters. The van der Waals surface area contributed by atoms with Gasteiger partial charge in [0.25, 0.3) is 0 Å². The molecule has 0 radical (unpaired) electrons. The van der Waals surface area contributed by atoms with Crippen molar-refractivity contribution in [3.05, 3.63) is 24.8 Å². The van der Waals surface area contributed by atoms with E-state index in [2.05, 4.69) is 50.8 Å². The number of hydrogen-bond acceptors (Lipinski definition) is 4. The van der Waals surface area contributed by atoms with E-state index in [9.17, 15) is 0 Å². The molecule has 0 aliphatic rings. The quantitative estimate of drug-likeness (QED) is 0.192. The maximum atomic E-state index is 4.55. The van der Waals surface area contributed by atoms with Crippen LogP contribution >= 0.6 is 35.7 Å². The van der Waals surface area contributed by atoms with E-state index in [-0.39, 0.29) is 24.0 Å². The van der Waals surface area contributed by atoms with E-state index in [1.54, 1.807) is 6.33 Å². The summed E-state index contributed by atoms with van der Waals surface area (Å²) in [5, 5.41) is 14.6. The Morgan fingerprint density at radius 2 is 2.27 bits per heavy atom. The molecule has 1 heterocycles. The van der Waals surface area contributed by atoms with E-state index in [0.717, 1.165) is 55.9 Å². The Bertz CT molecular complexity index is 435. The number of hydrogen-bond donors (Lipinski definition) is 2. The first-order chi connectivity index (χ1) is 10.3. The van der Waals surface area contributed by atoms with E-state index >= 15 is 0 Å². The lowest BCUT2D eigenvalue weighted by Crippen LogP contribution is -2.39. The lowest BCUT2D eigenvalue weighted by atomic mass is 10.4. The fraction of sp³-hybridized carbons (Fsp3) is 0.643. The molecule has 1 aromatic heterocycles. The summed E-state index contributed by atoms with van der Waals surface area (Å²) in [7, 11) is 0. The molecule has 0 aromatic carbocycles. The van der Waals surface area contributed by atoms with Gasteiger partial charge in [0.05, 0.1) is 6.54 Å². The van der Waals surface area contributed by atoms with Crippen LogP contribution in [0.3, 0.4) is 0 Å². The van der Waals surface area contributed by atoms with Gasteiger partial charge in [0.15, 0.2) is 5.96 Å². The molecule has 126 valence electrons. The molecule has 0 saturated heterocycles. The van der Waals surface area contributed by atoms with Crippen molar-refractivity contribution in [2.75, 3.05) is 31.1 Å². The third-order valence-corrected chi connectivity index (χ3v) is 3.69. The van der Waals surface area contributed by atoms with Crippen molar-refractivity contribution in [3.8, 4) is 0 Å². The maximum Gasteiger partial charge on any atom is 0.191 e. The van der Waals surface area contributed by atoms with Gasteiger partial charge in [-0.05, 0) is 6.92 Å². The largest absolute Gasteiger partial charge is 0.357 e. The van der Waals surface area contributed by atoms with Crippen molar-refractivity contribution in [1.82, 2.24) is 25.4 Å². The van der Waals surface area contributed by atoms with Crippen molar-refractivity contribution < 1.29 is 0 Å². The van der Waals surface area contributed by atoms with Crippen LogP contribution in [-0.4, -0.2) is 51.9 Å². The van der Waals surface area contributed by atoms with Crippen LogP contribution in [0.25, 0.3) is 0 Å². The van der Waals surface area contributed by atoms with Crippen LogP contribution in [0.2, 0.25) is 0 Å². The summed E-state index contributed by atoms with van der Waals surface area (Å²) in [6.07, 6.45) is 4.59. The molecule has 22 heavy (non-hydrogen) atoms. The Morgan fingerprint density at radius 1 is 1.45 bits per heavy atom. The van der Waals surface area contributed by atoms with Crippen LogP contribution in [0.15, 0.2) is 24.0 Å². The van der Waals surface area contributed by atoms with Crippen LogP contribution in [-0.2, 0) is 13.0 Å². The van der Waals surface area contributed by atoms with E-state index in [0.29, 0.717) is 0 Å². The zero-order valence-electron chi connectivity index (χ0n) is 13.4. The average molecular weight is 438 g/mol. The number of nitrogens with zero attached hydrogens (tertiary/aromatic N) is 4. The highest BCUT2D eigenvalue weighted by Gasteiger charge is 2.01. The van der Waals surface area contributed by atoms with Crippen molar-refractivity contribution in [2.24, 2.45) is 4.99 Å². The Balaban J connectivity index is 0.00000441. The second-order valence-electron chi connectivity index (χ2n) is 4.35. The van der Waals surface area contributed by atoms with Crippen LogP contribution in [0, 0.1) is 0 Å². The number of halogens is 1. The van der Waals surface area contributed by atoms with Crippen molar-refractivity contribution >= 4 is 41.7 Å². The molecule has 0 unspecified atom stereocenters. The number of aromatic nitrogens is 3. The molecule has 0 amide bonds. The minimum atomic E-state index is 0. The van der Waals surface area contributed by atoms with Crippen LogP contribution in [0.1, 0.15) is 19.7 Å². The van der Waals surface area contributed by atoms with Crippen molar-refractivity contribution in [3.63, 3.8) is 0 Å². The van der Waals surface area contributed by atoms with E-state index < -0.39 is 0 Å². The number of thioether (sulfide) groups is 1. The molecule has 0 bridgehead atoms. The predicted octanol–water partition coefficient (Wildman–Crippen LogP) is 1.93. The van der Waals surface area contributed by atoms with Gasteiger partial charge in [0, 0.05) is 37.6 Å². The fourth-order valence-electron chi connectivity index (χ4n) is 1.76. The predicted molar refractivity (Wildman–Crippen MR) is 106 cm³/mol. The number of rotatable bonds is 10. The summed E-state index contributed by atoms with van der Waals surface area (Å²) in [4.78, 5) is 4.55. The zero-order valence-corrected chi connectivity index (χ0v) is 16.6. The fourth-order valence-corrected chi connectivity index (χ4v) is 2.32. The molecule has 0 spiro atoms. The molecule has 6 nitrogen and oxygen atoms in total. The second kappa shape index (κ2) is 13.9. The zero-order chi connectivity index (χ0) is 15.3. The summed E-state index contributed by atoms with van der Waals surface area (Å²) in [5.74, 6) is 3.86. The van der Waals surface area contributed by atoms with Crippen LogP contribution < -0.4 is 10.6 Å². The minimum Gasteiger partial charge on any atom is -0.357 e. The molecule has 8 heteroatoms.